The van der Waals surface area contributed by atoms with Gasteiger partial charge in [0.1, 0.15) is 6.33 Å². The first-order valence-electron chi connectivity index (χ1n) is 3.93. The summed E-state index contributed by atoms with van der Waals surface area (Å²) in [5, 5.41) is 9.36. The Labute approximate surface area is 83.6 Å². The van der Waals surface area contributed by atoms with Gasteiger partial charge in [0.15, 0.2) is 23.2 Å². The van der Waals surface area contributed by atoms with Crippen LogP contribution in [0.2, 0.25) is 0 Å². The fraction of sp³-hybridized carbons (Fsp3) is 0.125. The number of hydrogen-bond acceptors (Lipinski definition) is 5. The van der Waals surface area contributed by atoms with Gasteiger partial charge in [0.05, 0.1) is 0 Å². The number of nitrogens with zero attached hydrogens (tertiary/aromatic N) is 4. The molecule has 0 amide bonds. The van der Waals surface area contributed by atoms with Gasteiger partial charge >= 0.3 is 6.08 Å². The fourth-order valence-electron chi connectivity index (χ4n) is 1.17. The maximum atomic E-state index is 12.8. The molecule has 7 heteroatoms. The van der Waals surface area contributed by atoms with Crippen LogP contribution in [0.3, 0.4) is 0 Å². The second kappa shape index (κ2) is 3.18. The summed E-state index contributed by atoms with van der Waals surface area (Å²) in [6, 6.07) is 0. The van der Waals surface area contributed by atoms with Crippen molar-refractivity contribution in [2.75, 3.05) is 5.73 Å². The Hall–Kier alpha value is -2.20. The molecule has 0 aliphatic rings. The molecular weight excluding hydrogens is 201 g/mol. The number of aromatic nitrogens is 4. The lowest BCUT2D eigenvalue weighted by atomic mass is 10.5. The second-order valence-electron chi connectivity index (χ2n) is 2.74. The van der Waals surface area contributed by atoms with Crippen LogP contribution in [0.4, 0.5) is 10.2 Å². The van der Waals surface area contributed by atoms with Crippen LogP contribution in [0, 0.1) is 18.4 Å². The minimum atomic E-state index is -1.26. The molecule has 76 valence electrons. The lowest BCUT2D eigenvalue weighted by Gasteiger charge is -2.04. The summed E-state index contributed by atoms with van der Waals surface area (Å²) < 4.78 is 14.0. The zero-order chi connectivity index (χ0) is 11.0. The summed E-state index contributed by atoms with van der Waals surface area (Å²) in [6.07, 6.45) is 3.98. The van der Waals surface area contributed by atoms with Gasteiger partial charge in [-0.05, 0) is 0 Å². The van der Waals surface area contributed by atoms with E-state index in [4.69, 9.17) is 12.2 Å². The van der Waals surface area contributed by atoms with Crippen molar-refractivity contribution < 1.29 is 9.50 Å². The first-order valence-corrected chi connectivity index (χ1v) is 3.93. The number of nitrogens with two attached hydrogens (primary N) is 1. The van der Waals surface area contributed by atoms with E-state index in [1.165, 1.54) is 6.33 Å². The van der Waals surface area contributed by atoms with Crippen molar-refractivity contribution >= 4 is 17.0 Å². The van der Waals surface area contributed by atoms with Crippen LogP contribution in [0.25, 0.3) is 11.2 Å². The molecule has 0 spiro atoms. The number of anilines is 1. The van der Waals surface area contributed by atoms with Crippen molar-refractivity contribution in [1.82, 2.24) is 19.5 Å². The van der Waals surface area contributed by atoms with E-state index in [9.17, 15) is 9.50 Å². The first kappa shape index (κ1) is 9.36. The number of halogens is 1. The Bertz CT molecular complexity index is 558. The molecule has 2 aromatic rings. The van der Waals surface area contributed by atoms with Gasteiger partial charge in [0, 0.05) is 0 Å². The molecule has 1 unspecified atom stereocenters. The minimum absolute atomic E-state index is 0.0606. The van der Waals surface area contributed by atoms with Crippen LogP contribution >= 0.6 is 0 Å². The molecule has 0 bridgehead atoms. The first-order chi connectivity index (χ1) is 7.13. The molecule has 6 nitrogen and oxygen atoms in total. The molecule has 0 saturated carbocycles. The van der Waals surface area contributed by atoms with Gasteiger partial charge in [-0.3, -0.25) is 4.57 Å². The van der Waals surface area contributed by atoms with Crippen LogP contribution in [0.1, 0.15) is 6.23 Å². The van der Waals surface area contributed by atoms with E-state index in [1.54, 1.807) is 0 Å². The number of aliphatic hydroxyl groups excluding tert-OH is 1. The van der Waals surface area contributed by atoms with Gasteiger partial charge in [-0.2, -0.15) is 14.4 Å². The number of rotatable bonds is 1. The average molecular weight is 207 g/mol. The maximum absolute atomic E-state index is 12.8. The summed E-state index contributed by atoms with van der Waals surface area (Å²) in [7, 11) is 0. The van der Waals surface area contributed by atoms with E-state index in [1.807, 2.05) is 0 Å². The zero-order valence-corrected chi connectivity index (χ0v) is 7.42. The number of imidazole rings is 1. The van der Waals surface area contributed by atoms with E-state index in [0.717, 1.165) is 4.57 Å². The number of fused-ring (bicyclic) bond motifs is 1. The van der Waals surface area contributed by atoms with E-state index < -0.39 is 12.3 Å². The predicted molar refractivity (Wildman–Crippen MR) is 49.8 cm³/mol. The lowest BCUT2D eigenvalue weighted by Crippen LogP contribution is -2.06. The fourth-order valence-corrected chi connectivity index (χ4v) is 1.17. The Balaban J connectivity index is 2.75. The molecular formula is C8H6FN5O. The molecule has 2 aromatic heterocycles. The predicted octanol–water partition coefficient (Wildman–Crippen LogP) is -0.328. The molecule has 0 aliphatic carbocycles. The number of hydrogen-bond donors (Lipinski definition) is 2. The molecule has 3 N–H and O–H groups in total. The van der Waals surface area contributed by atoms with Crippen LogP contribution in [-0.4, -0.2) is 24.6 Å². The summed E-state index contributed by atoms with van der Waals surface area (Å²) in [6.45, 7) is 0. The highest BCUT2D eigenvalue weighted by atomic mass is 19.1. The van der Waals surface area contributed by atoms with Gasteiger partial charge < -0.3 is 10.8 Å². The molecule has 2 heterocycles. The van der Waals surface area contributed by atoms with Crippen molar-refractivity contribution in [3.8, 4) is 12.3 Å². The Morgan fingerprint density at radius 2 is 2.33 bits per heavy atom. The highest BCUT2D eigenvalue weighted by Crippen LogP contribution is 2.17. The van der Waals surface area contributed by atoms with E-state index in [2.05, 4.69) is 20.9 Å². The van der Waals surface area contributed by atoms with E-state index in [-0.39, 0.29) is 17.0 Å². The molecule has 1 atom stereocenters. The maximum Gasteiger partial charge on any atom is 0.312 e. The lowest BCUT2D eigenvalue weighted by molar-refractivity contribution is 0.168. The number of terminal acetylenes is 1. The van der Waals surface area contributed by atoms with Gasteiger partial charge in [0.25, 0.3) is 0 Å². The second-order valence-corrected chi connectivity index (χ2v) is 2.74. The van der Waals surface area contributed by atoms with Crippen molar-refractivity contribution in [1.29, 1.82) is 0 Å². The van der Waals surface area contributed by atoms with Crippen LogP contribution in [0.15, 0.2) is 6.33 Å². The quantitative estimate of drug-likeness (QED) is 0.493. The van der Waals surface area contributed by atoms with E-state index in [0.29, 0.717) is 0 Å². The smallest absolute Gasteiger partial charge is 0.312 e. The Kier molecular flexibility index (Phi) is 1.98. The largest absolute Gasteiger partial charge is 0.382 e. The Morgan fingerprint density at radius 3 is 3.00 bits per heavy atom. The van der Waals surface area contributed by atoms with Crippen molar-refractivity contribution in [2.24, 2.45) is 0 Å². The standard InChI is InChI=1S/C8H6FN5O/c1-2-4(15)14-3-11-5-6(10)12-8(9)13-7(5)14/h1,3-4,15H,(H2,10,12,13). The van der Waals surface area contributed by atoms with Crippen LogP contribution in [0.5, 0.6) is 0 Å². The van der Waals surface area contributed by atoms with Gasteiger partial charge in [-0.25, -0.2) is 4.98 Å². The molecule has 0 aromatic carbocycles. The molecule has 0 aliphatic heterocycles. The minimum Gasteiger partial charge on any atom is -0.382 e. The van der Waals surface area contributed by atoms with Gasteiger partial charge in [0.2, 0.25) is 0 Å². The van der Waals surface area contributed by atoms with Crippen molar-refractivity contribution in [3.05, 3.63) is 12.4 Å². The summed E-state index contributed by atoms with van der Waals surface area (Å²) in [4.78, 5) is 10.6. The molecule has 0 radical (unpaired) electrons. The van der Waals surface area contributed by atoms with Gasteiger partial charge in [-0.1, -0.05) is 5.92 Å². The summed E-state index contributed by atoms with van der Waals surface area (Å²) >= 11 is 0. The molecule has 15 heavy (non-hydrogen) atoms. The highest BCUT2D eigenvalue weighted by Gasteiger charge is 2.14. The normalized spacial score (nSPS) is 12.6. The SMILES string of the molecule is C#CC(O)n1cnc2c(N)nc(F)nc21. The van der Waals surface area contributed by atoms with E-state index >= 15 is 0 Å². The average Bonchev–Trinajstić information content (AvgIpc) is 2.60. The zero-order valence-electron chi connectivity index (χ0n) is 7.42. The topological polar surface area (TPSA) is 89.8 Å². The van der Waals surface area contributed by atoms with Crippen molar-refractivity contribution in [2.45, 2.75) is 6.23 Å². The van der Waals surface area contributed by atoms with Crippen molar-refractivity contribution in [3.63, 3.8) is 0 Å². The third-order valence-electron chi connectivity index (χ3n) is 1.83. The molecule has 0 saturated heterocycles. The Morgan fingerprint density at radius 1 is 1.60 bits per heavy atom. The molecule has 2 rings (SSSR count). The third-order valence-corrected chi connectivity index (χ3v) is 1.83. The molecule has 0 fully saturated rings. The van der Waals surface area contributed by atoms with Crippen LogP contribution in [-0.2, 0) is 0 Å². The number of aliphatic hydroxyl groups is 1. The monoisotopic (exact) mass is 207 g/mol. The highest BCUT2D eigenvalue weighted by molar-refractivity contribution is 5.81. The van der Waals surface area contributed by atoms with Crippen LogP contribution < -0.4 is 5.73 Å². The third kappa shape index (κ3) is 1.37. The van der Waals surface area contributed by atoms with Gasteiger partial charge in [-0.15, -0.1) is 6.42 Å². The summed E-state index contributed by atoms with van der Waals surface area (Å²) in [5.41, 5.74) is 5.67. The summed E-state index contributed by atoms with van der Waals surface area (Å²) in [5.74, 6) is 1.96. The number of nitrogen functional groups attached to an aromatic ring is 1.